The fraction of sp³-hybridized carbons (Fsp3) is 0.519. The Bertz CT molecular complexity index is 849. The lowest BCUT2D eigenvalue weighted by Crippen LogP contribution is -2.52. The van der Waals surface area contributed by atoms with Gasteiger partial charge in [-0.3, -0.25) is 0 Å². The Morgan fingerprint density at radius 1 is 0.906 bits per heavy atom. The zero-order valence-electron chi connectivity index (χ0n) is 21.1. The highest BCUT2D eigenvalue weighted by Gasteiger charge is 2.27. The molecule has 2 aromatic rings. The van der Waals surface area contributed by atoms with Crippen molar-refractivity contribution in [1.82, 2.24) is 5.32 Å². The van der Waals surface area contributed by atoms with Crippen LogP contribution in [0.1, 0.15) is 69.2 Å². The lowest BCUT2D eigenvalue weighted by molar-refractivity contribution is 0.0497. The summed E-state index contributed by atoms with van der Waals surface area (Å²) >= 11 is 0. The van der Waals surface area contributed by atoms with Crippen molar-refractivity contribution >= 4 is 17.5 Å². The van der Waals surface area contributed by atoms with Crippen LogP contribution < -0.4 is 16.0 Å². The first kappa shape index (κ1) is 25.6. The predicted octanol–water partition coefficient (Wildman–Crippen LogP) is 6.85. The number of anilines is 2. The molecule has 5 nitrogen and oxygen atoms in total. The molecule has 0 aliphatic carbocycles. The molecule has 0 aliphatic rings. The number of benzene rings is 2. The highest BCUT2D eigenvalue weighted by atomic mass is 16.6. The lowest BCUT2D eigenvalue weighted by Gasteiger charge is -2.33. The zero-order valence-corrected chi connectivity index (χ0v) is 21.1. The second-order valence-electron chi connectivity index (χ2n) is 9.66. The molecule has 2 rings (SSSR count). The average molecular weight is 440 g/mol. The summed E-state index contributed by atoms with van der Waals surface area (Å²) in [5, 5.41) is 10.5. The van der Waals surface area contributed by atoms with Crippen molar-refractivity contribution < 1.29 is 9.53 Å². The first-order valence-electron chi connectivity index (χ1n) is 11.7. The molecule has 0 unspecified atom stereocenters. The third-order valence-electron chi connectivity index (χ3n) is 5.80. The van der Waals surface area contributed by atoms with Gasteiger partial charge in [-0.05, 0) is 89.3 Å². The maximum Gasteiger partial charge on any atom is 0.408 e. The summed E-state index contributed by atoms with van der Waals surface area (Å²) in [5.74, 6) is 0. The fourth-order valence-electron chi connectivity index (χ4n) is 3.59. The van der Waals surface area contributed by atoms with E-state index in [4.69, 9.17) is 4.74 Å². The third-order valence-corrected chi connectivity index (χ3v) is 5.80. The number of hydrogen-bond acceptors (Lipinski definition) is 4. The summed E-state index contributed by atoms with van der Waals surface area (Å²) in [7, 11) is 0. The minimum Gasteiger partial charge on any atom is -0.444 e. The zero-order chi connectivity index (χ0) is 23.9. The van der Waals surface area contributed by atoms with E-state index in [0.717, 1.165) is 30.6 Å². The van der Waals surface area contributed by atoms with E-state index in [1.807, 2.05) is 20.8 Å². The third kappa shape index (κ3) is 7.47. The van der Waals surface area contributed by atoms with Gasteiger partial charge in [0.2, 0.25) is 0 Å². The molecule has 5 heteroatoms. The number of hydrogen-bond donors (Lipinski definition) is 3. The largest absolute Gasteiger partial charge is 0.444 e. The first-order chi connectivity index (χ1) is 15.0. The van der Waals surface area contributed by atoms with Gasteiger partial charge in [0.25, 0.3) is 0 Å². The van der Waals surface area contributed by atoms with Crippen LogP contribution in [-0.4, -0.2) is 23.9 Å². The summed E-state index contributed by atoms with van der Waals surface area (Å²) in [6.07, 6.45) is 2.27. The van der Waals surface area contributed by atoms with Gasteiger partial charge in [0.1, 0.15) is 11.8 Å². The SMILES string of the molecule is CCCC[C@H](NC(=O)OC(C)(C)C)C(Nc1cccc(C)c1C)Nc1cccc(C)c1C. The van der Waals surface area contributed by atoms with Crippen molar-refractivity contribution in [2.24, 2.45) is 0 Å². The quantitative estimate of drug-likeness (QED) is 0.374. The molecule has 3 N–H and O–H groups in total. The van der Waals surface area contributed by atoms with Crippen LogP contribution >= 0.6 is 0 Å². The Morgan fingerprint density at radius 3 is 1.84 bits per heavy atom. The van der Waals surface area contributed by atoms with Crippen LogP contribution in [0.4, 0.5) is 16.2 Å². The van der Waals surface area contributed by atoms with E-state index in [1.165, 1.54) is 22.3 Å². The van der Waals surface area contributed by atoms with E-state index in [0.29, 0.717) is 0 Å². The number of carbonyl (C=O) groups excluding carboxylic acids is 1. The Labute approximate surface area is 194 Å². The van der Waals surface area contributed by atoms with E-state index in [2.05, 4.69) is 87.0 Å². The molecule has 0 saturated carbocycles. The molecular weight excluding hydrogens is 398 g/mol. The van der Waals surface area contributed by atoms with Gasteiger partial charge in [-0.25, -0.2) is 4.79 Å². The number of aryl methyl sites for hydroxylation is 2. The summed E-state index contributed by atoms with van der Waals surface area (Å²) in [6.45, 7) is 16.3. The number of rotatable bonds is 9. The Balaban J connectivity index is 2.39. The van der Waals surface area contributed by atoms with Crippen molar-refractivity contribution in [1.29, 1.82) is 0 Å². The van der Waals surface area contributed by atoms with Crippen LogP contribution in [0.2, 0.25) is 0 Å². The summed E-state index contributed by atoms with van der Waals surface area (Å²) < 4.78 is 5.58. The molecule has 32 heavy (non-hydrogen) atoms. The molecule has 0 fully saturated rings. The van der Waals surface area contributed by atoms with Gasteiger partial charge in [0.05, 0.1) is 6.04 Å². The summed E-state index contributed by atoms with van der Waals surface area (Å²) in [6, 6.07) is 12.4. The van der Waals surface area contributed by atoms with Gasteiger partial charge in [-0.2, -0.15) is 0 Å². The van der Waals surface area contributed by atoms with Crippen LogP contribution in [0.25, 0.3) is 0 Å². The van der Waals surface area contributed by atoms with Gasteiger partial charge in [0, 0.05) is 11.4 Å². The van der Waals surface area contributed by atoms with Gasteiger partial charge < -0.3 is 20.7 Å². The molecule has 0 aliphatic heterocycles. The van der Waals surface area contributed by atoms with Crippen molar-refractivity contribution in [2.75, 3.05) is 10.6 Å². The van der Waals surface area contributed by atoms with E-state index in [9.17, 15) is 4.79 Å². The minimum absolute atomic E-state index is 0.162. The number of unbranched alkanes of at least 4 members (excludes halogenated alkanes) is 1. The summed E-state index contributed by atoms with van der Waals surface area (Å²) in [4.78, 5) is 12.7. The maximum atomic E-state index is 12.7. The molecule has 2 aromatic carbocycles. The van der Waals surface area contributed by atoms with Crippen LogP contribution in [0.3, 0.4) is 0 Å². The Kier molecular flexibility index (Phi) is 8.99. The molecule has 0 saturated heterocycles. The minimum atomic E-state index is -0.546. The summed E-state index contributed by atoms with van der Waals surface area (Å²) in [5.41, 5.74) is 6.42. The van der Waals surface area contributed by atoms with Crippen molar-refractivity contribution in [3.63, 3.8) is 0 Å². The number of carbonyl (C=O) groups is 1. The standard InChI is InChI=1S/C27H41N3O2/c1-9-10-15-24(30-26(31)32-27(6,7)8)25(28-22-16-11-13-18(2)20(22)4)29-23-17-12-14-19(3)21(23)5/h11-14,16-17,24-25,28-29H,9-10,15H2,1-8H3,(H,30,31)/t24-/m0/s1. The smallest absolute Gasteiger partial charge is 0.408 e. The number of amides is 1. The number of alkyl carbamates (subject to hydrolysis) is 1. The van der Waals surface area contributed by atoms with E-state index in [-0.39, 0.29) is 12.2 Å². The van der Waals surface area contributed by atoms with E-state index >= 15 is 0 Å². The monoisotopic (exact) mass is 439 g/mol. The van der Waals surface area contributed by atoms with Crippen LogP contribution in [0, 0.1) is 27.7 Å². The Hall–Kier alpha value is -2.69. The van der Waals surface area contributed by atoms with Gasteiger partial charge >= 0.3 is 6.09 Å². The van der Waals surface area contributed by atoms with Crippen LogP contribution in [-0.2, 0) is 4.74 Å². The fourth-order valence-corrected chi connectivity index (χ4v) is 3.59. The molecule has 0 bridgehead atoms. The predicted molar refractivity (Wildman–Crippen MR) is 136 cm³/mol. The highest BCUT2D eigenvalue weighted by Crippen LogP contribution is 2.24. The topological polar surface area (TPSA) is 62.4 Å². The highest BCUT2D eigenvalue weighted by molar-refractivity contribution is 5.69. The van der Waals surface area contributed by atoms with Gasteiger partial charge in [0.15, 0.2) is 0 Å². The number of ether oxygens (including phenoxy) is 1. The molecule has 1 atom stereocenters. The molecule has 1 amide bonds. The van der Waals surface area contributed by atoms with E-state index in [1.54, 1.807) is 0 Å². The average Bonchev–Trinajstić information content (AvgIpc) is 2.70. The second-order valence-corrected chi connectivity index (χ2v) is 9.66. The van der Waals surface area contributed by atoms with Crippen molar-refractivity contribution in [2.45, 2.75) is 92.5 Å². The molecule has 0 spiro atoms. The number of nitrogens with one attached hydrogen (secondary N) is 3. The van der Waals surface area contributed by atoms with Gasteiger partial charge in [-0.1, -0.05) is 44.0 Å². The van der Waals surface area contributed by atoms with E-state index < -0.39 is 11.7 Å². The normalized spacial score (nSPS) is 12.4. The molecule has 0 heterocycles. The van der Waals surface area contributed by atoms with Crippen LogP contribution in [0.5, 0.6) is 0 Å². The van der Waals surface area contributed by atoms with Gasteiger partial charge in [-0.15, -0.1) is 0 Å². The lowest BCUT2D eigenvalue weighted by atomic mass is 10.0. The van der Waals surface area contributed by atoms with Crippen molar-refractivity contribution in [3.05, 3.63) is 58.7 Å². The molecule has 176 valence electrons. The molecule has 0 aromatic heterocycles. The molecular formula is C27H41N3O2. The maximum absolute atomic E-state index is 12.7. The molecule has 0 radical (unpaired) electrons. The van der Waals surface area contributed by atoms with Crippen LogP contribution in [0.15, 0.2) is 36.4 Å². The second kappa shape index (κ2) is 11.3. The first-order valence-corrected chi connectivity index (χ1v) is 11.7. The van der Waals surface area contributed by atoms with Crippen molar-refractivity contribution in [3.8, 4) is 0 Å². The Morgan fingerprint density at radius 2 is 1.41 bits per heavy atom.